The molecule has 0 spiro atoms. The number of rotatable bonds is 5. The lowest BCUT2D eigenvalue weighted by Gasteiger charge is -2.11. The Hall–Kier alpha value is -0.830. The Morgan fingerprint density at radius 3 is 2.73 bits per heavy atom. The van der Waals surface area contributed by atoms with Crippen molar-refractivity contribution in [2.75, 3.05) is 0 Å². The van der Waals surface area contributed by atoms with E-state index in [4.69, 9.17) is 0 Å². The minimum atomic E-state index is 0.458. The number of aromatic nitrogens is 2. The summed E-state index contributed by atoms with van der Waals surface area (Å²) in [7, 11) is 0. The van der Waals surface area contributed by atoms with Gasteiger partial charge in [0.15, 0.2) is 0 Å². The number of nitrogens with zero attached hydrogens (tertiary/aromatic N) is 2. The second-order valence-corrected chi connectivity index (χ2v) is 4.89. The van der Waals surface area contributed by atoms with Crippen LogP contribution in [0.5, 0.6) is 0 Å². The summed E-state index contributed by atoms with van der Waals surface area (Å²) in [6.45, 7) is 7.47. The van der Waals surface area contributed by atoms with Crippen molar-refractivity contribution < 1.29 is 0 Å². The average Bonchev–Trinajstić information content (AvgIpc) is 2.93. The molecule has 0 radical (unpaired) electrons. The summed E-state index contributed by atoms with van der Waals surface area (Å²) in [6.07, 6.45) is 4.85. The van der Waals surface area contributed by atoms with E-state index in [2.05, 4.69) is 43.4 Å². The Labute approximate surface area is 91.9 Å². The number of hydrogen-bond donors (Lipinski definition) is 1. The lowest BCUT2D eigenvalue weighted by molar-refractivity contribution is 0.480. The lowest BCUT2D eigenvalue weighted by Crippen LogP contribution is -2.27. The van der Waals surface area contributed by atoms with Crippen molar-refractivity contribution in [1.82, 2.24) is 15.1 Å². The minimum absolute atomic E-state index is 0.458. The molecule has 3 nitrogen and oxygen atoms in total. The van der Waals surface area contributed by atoms with Crippen molar-refractivity contribution >= 4 is 0 Å². The standard InChI is InChI=1S/C12H21N3/c1-9(2)15-7-6-12(14-15)8-13-10(3)11-4-5-11/h6-7,9-11,13H,4-5,8H2,1-3H3. The van der Waals surface area contributed by atoms with Gasteiger partial charge in [-0.2, -0.15) is 5.10 Å². The van der Waals surface area contributed by atoms with Gasteiger partial charge in [0.2, 0.25) is 0 Å². The van der Waals surface area contributed by atoms with Crippen LogP contribution in [0.25, 0.3) is 0 Å². The molecule has 0 aromatic carbocycles. The molecular formula is C12H21N3. The fourth-order valence-electron chi connectivity index (χ4n) is 1.79. The highest BCUT2D eigenvalue weighted by atomic mass is 15.3. The first kappa shape index (κ1) is 10.7. The molecule has 0 aliphatic heterocycles. The molecule has 1 saturated carbocycles. The molecule has 1 N–H and O–H groups in total. The molecular weight excluding hydrogens is 186 g/mol. The third-order valence-electron chi connectivity index (χ3n) is 3.13. The van der Waals surface area contributed by atoms with Gasteiger partial charge in [0.1, 0.15) is 0 Å². The molecule has 0 saturated heterocycles. The molecule has 1 aliphatic rings. The van der Waals surface area contributed by atoms with Crippen molar-refractivity contribution in [3.8, 4) is 0 Å². The first-order chi connectivity index (χ1) is 7.16. The van der Waals surface area contributed by atoms with E-state index in [9.17, 15) is 0 Å². The second-order valence-electron chi connectivity index (χ2n) is 4.89. The number of hydrogen-bond acceptors (Lipinski definition) is 2. The monoisotopic (exact) mass is 207 g/mol. The molecule has 1 fully saturated rings. The van der Waals surface area contributed by atoms with Gasteiger partial charge in [-0.3, -0.25) is 4.68 Å². The molecule has 2 rings (SSSR count). The van der Waals surface area contributed by atoms with E-state index < -0.39 is 0 Å². The van der Waals surface area contributed by atoms with Crippen molar-refractivity contribution in [2.45, 2.75) is 52.2 Å². The third-order valence-corrected chi connectivity index (χ3v) is 3.13. The van der Waals surface area contributed by atoms with Crippen LogP contribution in [0.15, 0.2) is 12.3 Å². The maximum atomic E-state index is 4.52. The molecule has 3 heteroatoms. The topological polar surface area (TPSA) is 29.9 Å². The van der Waals surface area contributed by atoms with Crippen LogP contribution in [-0.2, 0) is 6.54 Å². The van der Waals surface area contributed by atoms with Gasteiger partial charge in [0.25, 0.3) is 0 Å². The summed E-state index contributed by atoms with van der Waals surface area (Å²) in [5, 5.41) is 8.05. The highest BCUT2D eigenvalue weighted by Gasteiger charge is 2.27. The normalized spacial score (nSPS) is 18.4. The van der Waals surface area contributed by atoms with Gasteiger partial charge in [0, 0.05) is 24.8 Å². The molecule has 1 aliphatic carbocycles. The fraction of sp³-hybridized carbons (Fsp3) is 0.750. The predicted octanol–water partition coefficient (Wildman–Crippen LogP) is 2.35. The summed E-state index contributed by atoms with van der Waals surface area (Å²) in [5.41, 5.74) is 1.15. The average molecular weight is 207 g/mol. The van der Waals surface area contributed by atoms with Crippen LogP contribution >= 0.6 is 0 Å². The van der Waals surface area contributed by atoms with E-state index in [1.54, 1.807) is 0 Å². The Morgan fingerprint density at radius 1 is 1.47 bits per heavy atom. The SMILES string of the molecule is CC(NCc1ccn(C(C)C)n1)C1CC1. The maximum absolute atomic E-state index is 4.52. The predicted molar refractivity (Wildman–Crippen MR) is 61.6 cm³/mol. The van der Waals surface area contributed by atoms with Gasteiger partial charge >= 0.3 is 0 Å². The van der Waals surface area contributed by atoms with E-state index >= 15 is 0 Å². The van der Waals surface area contributed by atoms with Crippen LogP contribution in [0.3, 0.4) is 0 Å². The van der Waals surface area contributed by atoms with E-state index in [0.29, 0.717) is 12.1 Å². The highest BCUT2D eigenvalue weighted by molar-refractivity contribution is 4.99. The highest BCUT2D eigenvalue weighted by Crippen LogP contribution is 2.32. The summed E-state index contributed by atoms with van der Waals surface area (Å²) in [6, 6.07) is 3.21. The summed E-state index contributed by atoms with van der Waals surface area (Å²) in [5.74, 6) is 0.914. The fourth-order valence-corrected chi connectivity index (χ4v) is 1.79. The van der Waals surface area contributed by atoms with Gasteiger partial charge in [-0.1, -0.05) is 0 Å². The largest absolute Gasteiger partial charge is 0.308 e. The Bertz CT molecular complexity index is 312. The molecule has 1 aromatic heterocycles. The molecule has 15 heavy (non-hydrogen) atoms. The first-order valence-electron chi connectivity index (χ1n) is 5.94. The first-order valence-corrected chi connectivity index (χ1v) is 5.94. The molecule has 0 amide bonds. The summed E-state index contributed by atoms with van der Waals surface area (Å²) in [4.78, 5) is 0. The molecule has 1 atom stereocenters. The van der Waals surface area contributed by atoms with Crippen molar-refractivity contribution in [2.24, 2.45) is 5.92 Å². The minimum Gasteiger partial charge on any atom is -0.308 e. The van der Waals surface area contributed by atoms with Gasteiger partial charge in [-0.15, -0.1) is 0 Å². The maximum Gasteiger partial charge on any atom is 0.0762 e. The van der Waals surface area contributed by atoms with E-state index in [1.807, 2.05) is 4.68 Å². The molecule has 1 unspecified atom stereocenters. The Balaban J connectivity index is 1.82. The van der Waals surface area contributed by atoms with Crippen LogP contribution in [0.2, 0.25) is 0 Å². The zero-order valence-electron chi connectivity index (χ0n) is 9.90. The van der Waals surface area contributed by atoms with E-state index in [0.717, 1.165) is 18.2 Å². The zero-order valence-corrected chi connectivity index (χ0v) is 9.90. The molecule has 1 aromatic rings. The van der Waals surface area contributed by atoms with Crippen LogP contribution in [0, 0.1) is 5.92 Å². The van der Waals surface area contributed by atoms with Gasteiger partial charge in [0.05, 0.1) is 5.69 Å². The van der Waals surface area contributed by atoms with Crippen molar-refractivity contribution in [1.29, 1.82) is 0 Å². The molecule has 84 valence electrons. The summed E-state index contributed by atoms with van der Waals surface area (Å²) < 4.78 is 2.01. The van der Waals surface area contributed by atoms with Crippen molar-refractivity contribution in [3.05, 3.63) is 18.0 Å². The number of nitrogens with one attached hydrogen (secondary N) is 1. The van der Waals surface area contributed by atoms with Gasteiger partial charge in [-0.25, -0.2) is 0 Å². The Kier molecular flexibility index (Phi) is 3.10. The van der Waals surface area contributed by atoms with Crippen LogP contribution in [0.1, 0.15) is 45.3 Å². The lowest BCUT2D eigenvalue weighted by atomic mass is 10.2. The van der Waals surface area contributed by atoms with Gasteiger partial charge in [-0.05, 0) is 45.6 Å². The van der Waals surface area contributed by atoms with Crippen LogP contribution in [0.4, 0.5) is 0 Å². The molecule has 1 heterocycles. The van der Waals surface area contributed by atoms with Crippen molar-refractivity contribution in [3.63, 3.8) is 0 Å². The smallest absolute Gasteiger partial charge is 0.0762 e. The van der Waals surface area contributed by atoms with E-state index in [-0.39, 0.29) is 0 Å². The van der Waals surface area contributed by atoms with Crippen LogP contribution < -0.4 is 5.32 Å². The zero-order chi connectivity index (χ0) is 10.8. The van der Waals surface area contributed by atoms with Gasteiger partial charge < -0.3 is 5.32 Å². The Morgan fingerprint density at radius 2 is 2.20 bits per heavy atom. The molecule has 0 bridgehead atoms. The summed E-state index contributed by atoms with van der Waals surface area (Å²) >= 11 is 0. The quantitative estimate of drug-likeness (QED) is 0.803. The van der Waals surface area contributed by atoms with Crippen LogP contribution in [-0.4, -0.2) is 15.8 Å². The second kappa shape index (κ2) is 4.35. The van der Waals surface area contributed by atoms with E-state index in [1.165, 1.54) is 12.8 Å². The third kappa shape index (κ3) is 2.81.